The van der Waals surface area contributed by atoms with Crippen LogP contribution >= 0.6 is 0 Å². The first-order valence-corrected chi connectivity index (χ1v) is 9.45. The number of piperidine rings is 1. The van der Waals surface area contributed by atoms with Crippen molar-refractivity contribution in [1.29, 1.82) is 0 Å². The van der Waals surface area contributed by atoms with E-state index in [1.54, 1.807) is 0 Å². The second kappa shape index (κ2) is 7.01. The number of para-hydroxylation sites is 2. The quantitative estimate of drug-likeness (QED) is 0.670. The summed E-state index contributed by atoms with van der Waals surface area (Å²) < 4.78 is 2.40. The van der Waals surface area contributed by atoms with Gasteiger partial charge in [-0.1, -0.05) is 42.5 Å². The van der Waals surface area contributed by atoms with Gasteiger partial charge in [-0.15, -0.1) is 0 Å². The number of rotatable bonds is 4. The molecule has 3 heteroatoms. The molecule has 25 heavy (non-hydrogen) atoms. The number of hydrogen-bond acceptors (Lipinski definition) is 2. The first-order valence-electron chi connectivity index (χ1n) is 9.45. The van der Waals surface area contributed by atoms with Crippen LogP contribution in [0.15, 0.2) is 54.6 Å². The molecule has 2 aromatic carbocycles. The summed E-state index contributed by atoms with van der Waals surface area (Å²) in [5.74, 6) is 1.91. The zero-order valence-electron chi connectivity index (χ0n) is 15.2. The molecule has 0 unspecified atom stereocenters. The zero-order chi connectivity index (χ0) is 17.2. The summed E-state index contributed by atoms with van der Waals surface area (Å²) >= 11 is 0. The molecule has 1 fully saturated rings. The van der Waals surface area contributed by atoms with Gasteiger partial charge in [-0.05, 0) is 63.4 Å². The normalized spacial score (nSPS) is 16.8. The van der Waals surface area contributed by atoms with Crippen molar-refractivity contribution in [2.24, 2.45) is 0 Å². The van der Waals surface area contributed by atoms with Crippen LogP contribution in [0.3, 0.4) is 0 Å². The van der Waals surface area contributed by atoms with Crippen molar-refractivity contribution in [1.82, 2.24) is 14.5 Å². The first-order chi connectivity index (χ1) is 12.2. The Bertz CT molecular complexity index is 827. The van der Waals surface area contributed by atoms with Gasteiger partial charge in [0, 0.05) is 6.04 Å². The monoisotopic (exact) mass is 333 g/mol. The van der Waals surface area contributed by atoms with E-state index in [0.717, 1.165) is 25.2 Å². The largest absolute Gasteiger partial charge is 0.324 e. The maximum atomic E-state index is 4.93. The van der Waals surface area contributed by atoms with E-state index >= 15 is 0 Å². The Balaban J connectivity index is 1.49. The van der Waals surface area contributed by atoms with E-state index in [1.807, 2.05) is 0 Å². The topological polar surface area (TPSA) is 21.1 Å². The summed E-state index contributed by atoms with van der Waals surface area (Å²) in [5, 5.41) is 0. The average Bonchev–Trinajstić information content (AvgIpc) is 3.01. The van der Waals surface area contributed by atoms with Crippen molar-refractivity contribution in [2.45, 2.75) is 45.2 Å². The fraction of sp³-hybridized carbons (Fsp3) is 0.409. The Morgan fingerprint density at radius 1 is 0.960 bits per heavy atom. The van der Waals surface area contributed by atoms with E-state index in [9.17, 15) is 0 Å². The molecule has 0 aliphatic carbocycles. The van der Waals surface area contributed by atoms with Gasteiger partial charge in [-0.25, -0.2) is 4.98 Å². The standard InChI is InChI=1S/C22H27N3/c1-17(2)25-21-11-7-6-10-20(21)23-22(25)16-24-14-12-19(13-15-24)18-8-4-3-5-9-18/h3-11,17,19H,12-16H2,1-2H3. The molecule has 0 spiro atoms. The highest BCUT2D eigenvalue weighted by atomic mass is 15.2. The van der Waals surface area contributed by atoms with E-state index in [4.69, 9.17) is 4.98 Å². The van der Waals surface area contributed by atoms with Crippen LogP contribution < -0.4 is 0 Å². The van der Waals surface area contributed by atoms with E-state index < -0.39 is 0 Å². The lowest BCUT2D eigenvalue weighted by molar-refractivity contribution is 0.197. The van der Waals surface area contributed by atoms with Crippen molar-refractivity contribution >= 4 is 11.0 Å². The Kier molecular flexibility index (Phi) is 4.58. The molecule has 4 rings (SSSR count). The minimum absolute atomic E-state index is 0.434. The molecule has 0 bridgehead atoms. The molecule has 0 amide bonds. The number of benzene rings is 2. The summed E-state index contributed by atoms with van der Waals surface area (Å²) in [6, 6.07) is 19.9. The lowest BCUT2D eigenvalue weighted by atomic mass is 9.89. The number of aromatic nitrogens is 2. The Hall–Kier alpha value is -2.13. The minimum atomic E-state index is 0.434. The summed E-state index contributed by atoms with van der Waals surface area (Å²) in [4.78, 5) is 7.50. The maximum absolute atomic E-state index is 4.93. The van der Waals surface area contributed by atoms with Crippen LogP contribution in [0.2, 0.25) is 0 Å². The zero-order valence-corrected chi connectivity index (χ0v) is 15.2. The molecule has 0 radical (unpaired) electrons. The Morgan fingerprint density at radius 3 is 2.36 bits per heavy atom. The Labute approximate surface area is 150 Å². The van der Waals surface area contributed by atoms with Gasteiger partial charge in [0.25, 0.3) is 0 Å². The van der Waals surface area contributed by atoms with Gasteiger partial charge in [-0.3, -0.25) is 4.90 Å². The molecule has 1 aliphatic heterocycles. The summed E-state index contributed by atoms with van der Waals surface area (Å²) in [6.45, 7) is 7.76. The third kappa shape index (κ3) is 3.34. The highest BCUT2D eigenvalue weighted by Crippen LogP contribution is 2.29. The van der Waals surface area contributed by atoms with E-state index in [0.29, 0.717) is 12.0 Å². The van der Waals surface area contributed by atoms with E-state index in [2.05, 4.69) is 77.9 Å². The number of nitrogens with zero attached hydrogens (tertiary/aromatic N) is 3. The van der Waals surface area contributed by atoms with Gasteiger partial charge in [-0.2, -0.15) is 0 Å². The van der Waals surface area contributed by atoms with Crippen LogP contribution in [0, 0.1) is 0 Å². The van der Waals surface area contributed by atoms with Gasteiger partial charge in [0.05, 0.1) is 17.6 Å². The fourth-order valence-electron chi connectivity index (χ4n) is 4.13. The van der Waals surface area contributed by atoms with Gasteiger partial charge in [0.1, 0.15) is 5.82 Å². The van der Waals surface area contributed by atoms with E-state index in [-0.39, 0.29) is 0 Å². The summed E-state index contributed by atoms with van der Waals surface area (Å²) in [7, 11) is 0. The second-order valence-electron chi connectivity index (χ2n) is 7.44. The fourth-order valence-corrected chi connectivity index (χ4v) is 4.13. The third-order valence-electron chi connectivity index (χ3n) is 5.41. The average molecular weight is 333 g/mol. The molecule has 3 nitrogen and oxygen atoms in total. The van der Waals surface area contributed by atoms with Crippen LogP contribution in [0.25, 0.3) is 11.0 Å². The highest BCUT2D eigenvalue weighted by Gasteiger charge is 2.22. The van der Waals surface area contributed by atoms with Crippen molar-refractivity contribution in [3.63, 3.8) is 0 Å². The van der Waals surface area contributed by atoms with E-state index in [1.165, 1.54) is 29.7 Å². The molecule has 0 saturated carbocycles. The van der Waals surface area contributed by atoms with Crippen molar-refractivity contribution in [3.8, 4) is 0 Å². The molecule has 0 N–H and O–H groups in total. The molecule has 1 aliphatic rings. The molecule has 3 aromatic rings. The Morgan fingerprint density at radius 2 is 1.64 bits per heavy atom. The third-order valence-corrected chi connectivity index (χ3v) is 5.41. The lowest BCUT2D eigenvalue weighted by Crippen LogP contribution is -2.33. The first kappa shape index (κ1) is 16.3. The maximum Gasteiger partial charge on any atom is 0.124 e. The predicted molar refractivity (Wildman–Crippen MR) is 104 cm³/mol. The molecule has 130 valence electrons. The lowest BCUT2D eigenvalue weighted by Gasteiger charge is -2.32. The number of fused-ring (bicyclic) bond motifs is 1. The van der Waals surface area contributed by atoms with Crippen LogP contribution in [0.1, 0.15) is 50.0 Å². The molecule has 1 saturated heterocycles. The van der Waals surface area contributed by atoms with Crippen LogP contribution in [-0.2, 0) is 6.54 Å². The molecular weight excluding hydrogens is 306 g/mol. The predicted octanol–water partition coefficient (Wildman–Crippen LogP) is 5.00. The summed E-state index contributed by atoms with van der Waals surface area (Å²) in [6.07, 6.45) is 2.48. The number of likely N-dealkylation sites (tertiary alicyclic amines) is 1. The van der Waals surface area contributed by atoms with Crippen molar-refractivity contribution < 1.29 is 0 Å². The van der Waals surface area contributed by atoms with Gasteiger partial charge >= 0.3 is 0 Å². The molecular formula is C22H27N3. The molecule has 0 atom stereocenters. The van der Waals surface area contributed by atoms with Crippen molar-refractivity contribution in [2.75, 3.05) is 13.1 Å². The SMILES string of the molecule is CC(C)n1c(CN2CCC(c3ccccc3)CC2)nc2ccccc21. The van der Waals surface area contributed by atoms with Gasteiger partial charge < -0.3 is 4.57 Å². The van der Waals surface area contributed by atoms with Crippen LogP contribution in [0.5, 0.6) is 0 Å². The number of hydrogen-bond donors (Lipinski definition) is 0. The smallest absolute Gasteiger partial charge is 0.124 e. The van der Waals surface area contributed by atoms with Crippen LogP contribution in [-0.4, -0.2) is 27.5 Å². The second-order valence-corrected chi connectivity index (χ2v) is 7.44. The van der Waals surface area contributed by atoms with Gasteiger partial charge in [0.15, 0.2) is 0 Å². The van der Waals surface area contributed by atoms with Crippen molar-refractivity contribution in [3.05, 3.63) is 66.0 Å². The highest BCUT2D eigenvalue weighted by molar-refractivity contribution is 5.76. The minimum Gasteiger partial charge on any atom is -0.324 e. The van der Waals surface area contributed by atoms with Gasteiger partial charge in [0.2, 0.25) is 0 Å². The van der Waals surface area contributed by atoms with Crippen LogP contribution in [0.4, 0.5) is 0 Å². The number of imidazole rings is 1. The molecule has 1 aromatic heterocycles. The molecule has 2 heterocycles. The summed E-state index contributed by atoms with van der Waals surface area (Å²) in [5.41, 5.74) is 3.87.